The molecular formula is C25H34N2O2. The highest BCUT2D eigenvalue weighted by molar-refractivity contribution is 5.94. The molecule has 0 bridgehead atoms. The Bertz CT molecular complexity index is 785. The second kappa shape index (κ2) is 9.34. The van der Waals surface area contributed by atoms with Crippen LogP contribution in [0.25, 0.3) is 0 Å². The number of benzene rings is 2. The van der Waals surface area contributed by atoms with Gasteiger partial charge in [0, 0.05) is 24.5 Å². The van der Waals surface area contributed by atoms with E-state index in [2.05, 4.69) is 55.3 Å². The fourth-order valence-electron chi connectivity index (χ4n) is 3.65. The summed E-state index contributed by atoms with van der Waals surface area (Å²) in [4.78, 5) is 15.1. The molecule has 1 unspecified atom stereocenters. The maximum absolute atomic E-state index is 12.7. The molecule has 3 rings (SSSR count). The Labute approximate surface area is 175 Å². The van der Waals surface area contributed by atoms with Gasteiger partial charge in [-0.05, 0) is 73.1 Å². The summed E-state index contributed by atoms with van der Waals surface area (Å²) in [5.41, 5.74) is 3.38. The van der Waals surface area contributed by atoms with E-state index < -0.39 is 6.10 Å². The molecule has 156 valence electrons. The highest BCUT2D eigenvalue weighted by Crippen LogP contribution is 2.25. The van der Waals surface area contributed by atoms with Crippen LogP contribution in [-0.4, -0.2) is 25.1 Å². The molecule has 1 N–H and O–H groups in total. The molecule has 2 aromatic carbocycles. The third-order valence-corrected chi connectivity index (χ3v) is 5.52. The molecule has 1 fully saturated rings. The molecule has 1 atom stereocenters. The maximum atomic E-state index is 12.7. The lowest BCUT2D eigenvalue weighted by atomic mass is 9.87. The summed E-state index contributed by atoms with van der Waals surface area (Å²) >= 11 is 0. The van der Waals surface area contributed by atoms with E-state index >= 15 is 0 Å². The van der Waals surface area contributed by atoms with Gasteiger partial charge in [-0.2, -0.15) is 0 Å². The Kier molecular flexibility index (Phi) is 6.83. The summed E-state index contributed by atoms with van der Waals surface area (Å²) in [6.07, 6.45) is 3.92. The lowest BCUT2D eigenvalue weighted by Crippen LogP contribution is -2.32. The van der Waals surface area contributed by atoms with Crippen molar-refractivity contribution >= 4 is 17.3 Å². The van der Waals surface area contributed by atoms with Gasteiger partial charge in [-0.3, -0.25) is 4.79 Å². The van der Waals surface area contributed by atoms with Crippen molar-refractivity contribution in [2.24, 2.45) is 0 Å². The molecule has 0 aliphatic carbocycles. The maximum Gasteiger partial charge on any atom is 0.265 e. The van der Waals surface area contributed by atoms with Crippen molar-refractivity contribution in [3.05, 3.63) is 54.1 Å². The number of carbonyl (C=O) groups excluding carboxylic acids is 1. The second-order valence-electron chi connectivity index (χ2n) is 8.87. The zero-order chi connectivity index (χ0) is 20.9. The Balaban J connectivity index is 1.59. The van der Waals surface area contributed by atoms with Gasteiger partial charge < -0.3 is 15.0 Å². The van der Waals surface area contributed by atoms with Crippen molar-refractivity contribution in [3.8, 4) is 5.75 Å². The van der Waals surface area contributed by atoms with Gasteiger partial charge >= 0.3 is 0 Å². The van der Waals surface area contributed by atoms with Crippen LogP contribution < -0.4 is 15.0 Å². The summed E-state index contributed by atoms with van der Waals surface area (Å²) < 4.78 is 5.96. The van der Waals surface area contributed by atoms with Crippen LogP contribution in [0.15, 0.2) is 48.5 Å². The first-order chi connectivity index (χ1) is 13.9. The number of rotatable bonds is 6. The number of carbonyl (C=O) groups is 1. The molecule has 0 aromatic heterocycles. The molecule has 0 spiro atoms. The fraction of sp³-hybridized carbons (Fsp3) is 0.480. The Morgan fingerprint density at radius 2 is 1.62 bits per heavy atom. The van der Waals surface area contributed by atoms with E-state index in [4.69, 9.17) is 4.74 Å². The molecule has 1 aliphatic rings. The van der Waals surface area contributed by atoms with Crippen molar-refractivity contribution < 1.29 is 9.53 Å². The number of ether oxygens (including phenoxy) is 1. The number of hydrogen-bond donors (Lipinski definition) is 1. The topological polar surface area (TPSA) is 41.6 Å². The largest absolute Gasteiger partial charge is 0.481 e. The summed E-state index contributed by atoms with van der Waals surface area (Å²) in [7, 11) is 0. The monoisotopic (exact) mass is 394 g/mol. The van der Waals surface area contributed by atoms with Gasteiger partial charge in [0.2, 0.25) is 0 Å². The lowest BCUT2D eigenvalue weighted by molar-refractivity contribution is -0.122. The van der Waals surface area contributed by atoms with Crippen LogP contribution in [0.4, 0.5) is 11.4 Å². The van der Waals surface area contributed by atoms with Crippen LogP contribution in [0.3, 0.4) is 0 Å². The van der Waals surface area contributed by atoms with Gasteiger partial charge in [-0.1, -0.05) is 39.8 Å². The van der Waals surface area contributed by atoms with Crippen LogP contribution >= 0.6 is 0 Å². The molecule has 1 amide bonds. The van der Waals surface area contributed by atoms with Crippen molar-refractivity contribution in [3.63, 3.8) is 0 Å². The average Bonchev–Trinajstić information content (AvgIpc) is 2.73. The van der Waals surface area contributed by atoms with Gasteiger partial charge in [0.05, 0.1) is 0 Å². The van der Waals surface area contributed by atoms with Crippen LogP contribution in [0.5, 0.6) is 5.75 Å². The number of piperidine rings is 1. The molecule has 4 heteroatoms. The third kappa shape index (κ3) is 5.75. The van der Waals surface area contributed by atoms with Gasteiger partial charge in [-0.25, -0.2) is 0 Å². The number of nitrogens with one attached hydrogen (secondary N) is 1. The number of anilines is 2. The van der Waals surface area contributed by atoms with Crippen LogP contribution in [0, 0.1) is 0 Å². The Morgan fingerprint density at radius 3 is 2.17 bits per heavy atom. The molecule has 1 saturated heterocycles. The molecule has 1 heterocycles. The predicted octanol–water partition coefficient (Wildman–Crippen LogP) is 5.77. The highest BCUT2D eigenvalue weighted by Gasteiger charge is 2.20. The van der Waals surface area contributed by atoms with Gasteiger partial charge in [-0.15, -0.1) is 0 Å². The van der Waals surface area contributed by atoms with E-state index in [-0.39, 0.29) is 11.3 Å². The molecule has 29 heavy (non-hydrogen) atoms. The zero-order valence-electron chi connectivity index (χ0n) is 18.2. The van der Waals surface area contributed by atoms with E-state index in [9.17, 15) is 4.79 Å². The Hall–Kier alpha value is -2.49. The van der Waals surface area contributed by atoms with Gasteiger partial charge in [0.1, 0.15) is 5.75 Å². The lowest BCUT2D eigenvalue weighted by Gasteiger charge is -2.29. The number of hydrogen-bond acceptors (Lipinski definition) is 3. The molecule has 0 radical (unpaired) electrons. The predicted molar refractivity (Wildman–Crippen MR) is 121 cm³/mol. The van der Waals surface area contributed by atoms with Gasteiger partial charge in [0.25, 0.3) is 5.91 Å². The first-order valence-electron chi connectivity index (χ1n) is 10.8. The van der Waals surface area contributed by atoms with Crippen LogP contribution in [0.2, 0.25) is 0 Å². The standard InChI is InChI=1S/C25H34N2O2/c1-5-23(29-22-15-9-19(10-16-22)25(2,3)4)24(28)26-20-11-13-21(14-12-20)27-17-7-6-8-18-27/h9-16,23H,5-8,17-18H2,1-4H3,(H,26,28). The van der Waals surface area contributed by atoms with Gasteiger partial charge in [0.15, 0.2) is 6.10 Å². The normalized spacial score (nSPS) is 15.7. The summed E-state index contributed by atoms with van der Waals surface area (Å²) in [6, 6.07) is 16.2. The van der Waals surface area contributed by atoms with Crippen LogP contribution in [-0.2, 0) is 10.2 Å². The SMILES string of the molecule is CCC(Oc1ccc(C(C)(C)C)cc1)C(=O)Nc1ccc(N2CCCCC2)cc1. The van der Waals surface area contributed by atoms with Crippen molar-refractivity contribution in [1.29, 1.82) is 0 Å². The van der Waals surface area contributed by atoms with E-state index in [0.717, 1.165) is 24.5 Å². The summed E-state index contributed by atoms with van der Waals surface area (Å²) in [6.45, 7) is 10.7. The molecule has 0 saturated carbocycles. The molecule has 2 aromatic rings. The third-order valence-electron chi connectivity index (χ3n) is 5.52. The van der Waals surface area contributed by atoms with Crippen LogP contribution in [0.1, 0.15) is 58.9 Å². The minimum Gasteiger partial charge on any atom is -0.481 e. The summed E-state index contributed by atoms with van der Waals surface area (Å²) in [5, 5.41) is 3.00. The van der Waals surface area contributed by atoms with Crippen molar-refractivity contribution in [1.82, 2.24) is 0 Å². The fourth-order valence-corrected chi connectivity index (χ4v) is 3.65. The van der Waals surface area contributed by atoms with E-state index in [1.54, 1.807) is 0 Å². The first kappa shape index (κ1) is 21.2. The quantitative estimate of drug-likeness (QED) is 0.676. The van der Waals surface area contributed by atoms with Crippen molar-refractivity contribution in [2.45, 2.75) is 64.9 Å². The molecule has 1 aliphatic heterocycles. The minimum absolute atomic E-state index is 0.0976. The highest BCUT2D eigenvalue weighted by atomic mass is 16.5. The molecule has 4 nitrogen and oxygen atoms in total. The first-order valence-corrected chi connectivity index (χ1v) is 10.8. The average molecular weight is 395 g/mol. The van der Waals surface area contributed by atoms with E-state index in [1.807, 2.05) is 31.2 Å². The number of amides is 1. The van der Waals surface area contributed by atoms with E-state index in [0.29, 0.717) is 6.42 Å². The van der Waals surface area contributed by atoms with Crippen molar-refractivity contribution in [2.75, 3.05) is 23.3 Å². The Morgan fingerprint density at radius 1 is 1.00 bits per heavy atom. The van der Waals surface area contributed by atoms with E-state index in [1.165, 1.54) is 30.5 Å². The summed E-state index contributed by atoms with van der Waals surface area (Å²) in [5.74, 6) is 0.610. The smallest absolute Gasteiger partial charge is 0.265 e. The second-order valence-corrected chi connectivity index (χ2v) is 8.87. The molecular weight excluding hydrogens is 360 g/mol. The number of nitrogens with zero attached hydrogens (tertiary/aromatic N) is 1. The zero-order valence-corrected chi connectivity index (χ0v) is 18.2. The minimum atomic E-state index is -0.516.